The fourth-order valence-corrected chi connectivity index (χ4v) is 3.45. The molecule has 0 unspecified atom stereocenters. The van der Waals surface area contributed by atoms with E-state index in [4.69, 9.17) is 4.74 Å². The molecule has 0 radical (unpaired) electrons. The summed E-state index contributed by atoms with van der Waals surface area (Å²) < 4.78 is 5.61. The number of amides is 1. The lowest BCUT2D eigenvalue weighted by Gasteiger charge is -2.40. The number of carbonyl (C=O) groups is 1. The molecule has 1 aromatic carbocycles. The summed E-state index contributed by atoms with van der Waals surface area (Å²) in [4.78, 5) is 27.2. The highest BCUT2D eigenvalue weighted by atomic mass is 16.6. The van der Waals surface area contributed by atoms with Crippen LogP contribution in [0.2, 0.25) is 0 Å². The summed E-state index contributed by atoms with van der Waals surface area (Å²) in [5, 5.41) is 10.8. The highest BCUT2D eigenvalue weighted by molar-refractivity contribution is 5.69. The van der Waals surface area contributed by atoms with Crippen LogP contribution >= 0.6 is 0 Å². The van der Waals surface area contributed by atoms with Gasteiger partial charge in [-0.15, -0.1) is 0 Å². The van der Waals surface area contributed by atoms with E-state index < -0.39 is 5.60 Å². The molecule has 0 spiro atoms. The number of benzene rings is 1. The molecule has 0 atom stereocenters. The first kappa shape index (κ1) is 18.5. The van der Waals surface area contributed by atoms with Crippen LogP contribution in [0.4, 0.5) is 16.2 Å². The second-order valence-corrected chi connectivity index (χ2v) is 8.11. The zero-order chi connectivity index (χ0) is 18.9. The van der Waals surface area contributed by atoms with E-state index in [1.54, 1.807) is 24.3 Å². The Morgan fingerprint density at radius 3 is 2.12 bits per heavy atom. The van der Waals surface area contributed by atoms with Crippen LogP contribution < -0.4 is 4.90 Å². The minimum atomic E-state index is -0.482. The van der Waals surface area contributed by atoms with Crippen LogP contribution in [-0.2, 0) is 4.74 Å². The maximum atomic E-state index is 12.6. The van der Waals surface area contributed by atoms with Crippen molar-refractivity contribution in [1.82, 2.24) is 4.90 Å². The van der Waals surface area contributed by atoms with E-state index in [1.165, 1.54) is 0 Å². The number of nitro groups is 1. The van der Waals surface area contributed by atoms with Crippen molar-refractivity contribution >= 4 is 17.5 Å². The number of ether oxygens (including phenoxy) is 1. The summed E-state index contributed by atoms with van der Waals surface area (Å²) in [6.07, 6.45) is 3.68. The summed E-state index contributed by atoms with van der Waals surface area (Å²) in [6, 6.07) is 7.19. The molecule has 0 N–H and O–H groups in total. The predicted octanol–water partition coefficient (Wildman–Crippen LogP) is 3.96. The third kappa shape index (κ3) is 4.45. The van der Waals surface area contributed by atoms with E-state index in [0.717, 1.165) is 44.5 Å². The quantitative estimate of drug-likeness (QED) is 0.599. The van der Waals surface area contributed by atoms with Crippen molar-refractivity contribution in [3.05, 3.63) is 34.4 Å². The first-order valence-electron chi connectivity index (χ1n) is 9.25. The SMILES string of the molecule is CC(C)(C)OC(=O)N(C1CC1)C1CCN(c2ccc([N+](=O)[O-])cc2)CC1. The van der Waals surface area contributed by atoms with Crippen LogP contribution in [0.1, 0.15) is 46.5 Å². The highest BCUT2D eigenvalue weighted by Gasteiger charge is 2.40. The zero-order valence-electron chi connectivity index (χ0n) is 15.7. The third-order valence-electron chi connectivity index (χ3n) is 4.83. The first-order valence-corrected chi connectivity index (χ1v) is 9.25. The minimum Gasteiger partial charge on any atom is -0.444 e. The van der Waals surface area contributed by atoms with Crippen molar-refractivity contribution in [3.8, 4) is 0 Å². The molecular formula is C19H27N3O4. The Hall–Kier alpha value is -2.31. The molecule has 26 heavy (non-hydrogen) atoms. The van der Waals surface area contributed by atoms with Gasteiger partial charge in [-0.05, 0) is 58.6 Å². The number of nitrogens with zero attached hydrogens (tertiary/aromatic N) is 3. The van der Waals surface area contributed by atoms with Crippen molar-refractivity contribution < 1.29 is 14.5 Å². The molecule has 1 heterocycles. The Kier molecular flexibility index (Phi) is 5.07. The maximum absolute atomic E-state index is 12.6. The molecule has 2 fully saturated rings. The van der Waals surface area contributed by atoms with Crippen LogP contribution in [-0.4, -0.2) is 46.7 Å². The number of nitro benzene ring substituents is 1. The lowest BCUT2D eigenvalue weighted by atomic mass is 10.0. The van der Waals surface area contributed by atoms with Crippen LogP contribution in [0.25, 0.3) is 0 Å². The Morgan fingerprint density at radius 2 is 1.65 bits per heavy atom. The number of hydrogen-bond acceptors (Lipinski definition) is 5. The predicted molar refractivity (Wildman–Crippen MR) is 99.4 cm³/mol. The highest BCUT2D eigenvalue weighted by Crippen LogP contribution is 2.34. The van der Waals surface area contributed by atoms with Gasteiger partial charge in [-0.2, -0.15) is 0 Å². The number of non-ortho nitro benzene ring substituents is 1. The van der Waals surface area contributed by atoms with Gasteiger partial charge in [0.25, 0.3) is 5.69 Å². The largest absolute Gasteiger partial charge is 0.444 e. The first-order chi connectivity index (χ1) is 12.2. The van der Waals surface area contributed by atoms with Crippen molar-refractivity contribution in [2.24, 2.45) is 0 Å². The molecule has 1 aromatic rings. The Balaban J connectivity index is 1.61. The zero-order valence-corrected chi connectivity index (χ0v) is 15.7. The molecule has 7 heteroatoms. The topological polar surface area (TPSA) is 75.9 Å². The molecular weight excluding hydrogens is 334 g/mol. The normalized spacial score (nSPS) is 18.5. The summed E-state index contributed by atoms with van der Waals surface area (Å²) in [6.45, 7) is 7.34. The number of hydrogen-bond donors (Lipinski definition) is 0. The Labute approximate surface area is 154 Å². The number of rotatable bonds is 4. The average molecular weight is 361 g/mol. The standard InChI is InChI=1S/C19H27N3O4/c1-19(2,3)26-18(23)21(15-6-7-15)16-10-12-20(13-11-16)14-4-8-17(9-5-14)22(24)25/h4-5,8-9,15-16H,6-7,10-13H2,1-3H3. The van der Waals surface area contributed by atoms with Crippen molar-refractivity contribution in [1.29, 1.82) is 0 Å². The minimum absolute atomic E-state index is 0.105. The molecule has 3 rings (SSSR count). The van der Waals surface area contributed by atoms with Gasteiger partial charge in [-0.25, -0.2) is 4.79 Å². The van der Waals surface area contributed by atoms with Gasteiger partial charge in [0.2, 0.25) is 0 Å². The monoisotopic (exact) mass is 361 g/mol. The molecule has 0 aromatic heterocycles. The van der Waals surface area contributed by atoms with Crippen LogP contribution in [0, 0.1) is 10.1 Å². The molecule has 0 bridgehead atoms. The lowest BCUT2D eigenvalue weighted by Crippen LogP contribution is -2.50. The van der Waals surface area contributed by atoms with Gasteiger partial charge in [-0.3, -0.25) is 10.1 Å². The number of anilines is 1. The van der Waals surface area contributed by atoms with Gasteiger partial charge >= 0.3 is 6.09 Å². The summed E-state index contributed by atoms with van der Waals surface area (Å²) in [5.74, 6) is 0. The van der Waals surface area contributed by atoms with Gasteiger partial charge in [0, 0.05) is 43.0 Å². The Morgan fingerprint density at radius 1 is 1.12 bits per heavy atom. The second-order valence-electron chi connectivity index (χ2n) is 8.11. The molecule has 1 saturated carbocycles. The van der Waals surface area contributed by atoms with Gasteiger partial charge in [0.15, 0.2) is 0 Å². The van der Waals surface area contributed by atoms with Gasteiger partial charge in [0.1, 0.15) is 5.60 Å². The lowest BCUT2D eigenvalue weighted by molar-refractivity contribution is -0.384. The van der Waals surface area contributed by atoms with E-state index in [2.05, 4.69) is 4.90 Å². The molecule has 1 saturated heterocycles. The van der Waals surface area contributed by atoms with E-state index in [1.807, 2.05) is 25.7 Å². The fraction of sp³-hybridized carbons (Fsp3) is 0.632. The third-order valence-corrected chi connectivity index (χ3v) is 4.83. The molecule has 1 aliphatic carbocycles. The summed E-state index contributed by atoms with van der Waals surface area (Å²) in [5.41, 5.74) is 0.613. The van der Waals surface area contributed by atoms with Crippen LogP contribution in [0.5, 0.6) is 0 Å². The van der Waals surface area contributed by atoms with E-state index >= 15 is 0 Å². The molecule has 1 amide bonds. The molecule has 1 aliphatic heterocycles. The number of piperidine rings is 1. The van der Waals surface area contributed by atoms with Gasteiger partial charge in [-0.1, -0.05) is 0 Å². The second kappa shape index (κ2) is 7.13. The van der Waals surface area contributed by atoms with Crippen LogP contribution in [0.3, 0.4) is 0 Å². The maximum Gasteiger partial charge on any atom is 0.410 e. The molecule has 142 valence electrons. The molecule has 7 nitrogen and oxygen atoms in total. The van der Waals surface area contributed by atoms with Gasteiger partial charge < -0.3 is 14.5 Å². The summed E-state index contributed by atoms with van der Waals surface area (Å²) >= 11 is 0. The van der Waals surface area contributed by atoms with Crippen molar-refractivity contribution in [2.75, 3.05) is 18.0 Å². The van der Waals surface area contributed by atoms with E-state index in [-0.39, 0.29) is 22.7 Å². The van der Waals surface area contributed by atoms with E-state index in [9.17, 15) is 14.9 Å². The van der Waals surface area contributed by atoms with Gasteiger partial charge in [0.05, 0.1) is 4.92 Å². The number of carbonyl (C=O) groups excluding carboxylic acids is 1. The molecule has 2 aliphatic rings. The van der Waals surface area contributed by atoms with E-state index in [0.29, 0.717) is 6.04 Å². The van der Waals surface area contributed by atoms with Crippen molar-refractivity contribution in [3.63, 3.8) is 0 Å². The average Bonchev–Trinajstić information content (AvgIpc) is 3.39. The summed E-state index contributed by atoms with van der Waals surface area (Å²) in [7, 11) is 0. The van der Waals surface area contributed by atoms with Crippen molar-refractivity contribution in [2.45, 2.75) is 64.1 Å². The smallest absolute Gasteiger partial charge is 0.410 e. The Bertz CT molecular complexity index is 656. The van der Waals surface area contributed by atoms with Crippen LogP contribution in [0.15, 0.2) is 24.3 Å². The fourth-order valence-electron chi connectivity index (χ4n) is 3.45.